The van der Waals surface area contributed by atoms with Crippen molar-refractivity contribution in [3.63, 3.8) is 0 Å². The first-order valence-corrected chi connectivity index (χ1v) is 4.39. The van der Waals surface area contributed by atoms with Gasteiger partial charge in [0.2, 0.25) is 0 Å². The summed E-state index contributed by atoms with van der Waals surface area (Å²) in [6.45, 7) is 4.43. The SMILES string of the molecule is C/C=C1/CC(C)CCC1=NC. The zero-order valence-electron chi connectivity index (χ0n) is 7.72. The van der Waals surface area contributed by atoms with Gasteiger partial charge in [0.1, 0.15) is 0 Å². The summed E-state index contributed by atoms with van der Waals surface area (Å²) in [5.74, 6) is 0.853. The fourth-order valence-corrected chi connectivity index (χ4v) is 1.68. The Balaban J connectivity index is 2.72. The molecule has 0 heterocycles. The maximum atomic E-state index is 4.28. The lowest BCUT2D eigenvalue weighted by atomic mass is 9.85. The molecule has 0 bridgehead atoms. The molecule has 0 spiro atoms. The summed E-state index contributed by atoms with van der Waals surface area (Å²) < 4.78 is 0. The van der Waals surface area contributed by atoms with Crippen LogP contribution in [0.2, 0.25) is 0 Å². The molecule has 1 aliphatic carbocycles. The molecule has 1 saturated carbocycles. The Hall–Kier alpha value is -0.590. The van der Waals surface area contributed by atoms with E-state index in [0.717, 1.165) is 5.92 Å². The van der Waals surface area contributed by atoms with Gasteiger partial charge in [0.05, 0.1) is 0 Å². The van der Waals surface area contributed by atoms with Gasteiger partial charge >= 0.3 is 0 Å². The summed E-state index contributed by atoms with van der Waals surface area (Å²) in [5, 5.41) is 0. The summed E-state index contributed by atoms with van der Waals surface area (Å²) >= 11 is 0. The number of aliphatic imine (C=N–C) groups is 1. The van der Waals surface area contributed by atoms with Crippen molar-refractivity contribution in [2.45, 2.75) is 33.1 Å². The van der Waals surface area contributed by atoms with E-state index in [2.05, 4.69) is 24.9 Å². The second-order valence-electron chi connectivity index (χ2n) is 3.33. The molecule has 0 N–H and O–H groups in total. The third-order valence-corrected chi connectivity index (χ3v) is 2.43. The van der Waals surface area contributed by atoms with E-state index < -0.39 is 0 Å². The minimum atomic E-state index is 0.853. The molecule has 11 heavy (non-hydrogen) atoms. The minimum Gasteiger partial charge on any atom is -0.293 e. The smallest absolute Gasteiger partial charge is 0.0373 e. The van der Waals surface area contributed by atoms with Gasteiger partial charge in [-0.3, -0.25) is 4.99 Å². The second kappa shape index (κ2) is 3.70. The molecule has 1 fully saturated rings. The van der Waals surface area contributed by atoms with Crippen LogP contribution in [0.25, 0.3) is 0 Å². The zero-order chi connectivity index (χ0) is 8.27. The molecule has 1 nitrogen and oxygen atoms in total. The van der Waals surface area contributed by atoms with Gasteiger partial charge in [0.15, 0.2) is 0 Å². The van der Waals surface area contributed by atoms with E-state index in [1.165, 1.54) is 30.5 Å². The molecule has 0 aromatic heterocycles. The highest BCUT2D eigenvalue weighted by Gasteiger charge is 2.16. The predicted molar refractivity (Wildman–Crippen MR) is 50.1 cm³/mol. The van der Waals surface area contributed by atoms with E-state index in [-0.39, 0.29) is 0 Å². The van der Waals surface area contributed by atoms with Crippen LogP contribution in [-0.4, -0.2) is 12.8 Å². The average molecular weight is 151 g/mol. The van der Waals surface area contributed by atoms with Crippen LogP contribution in [0.1, 0.15) is 33.1 Å². The van der Waals surface area contributed by atoms with Gasteiger partial charge in [0.25, 0.3) is 0 Å². The Morgan fingerprint density at radius 3 is 2.82 bits per heavy atom. The van der Waals surface area contributed by atoms with Gasteiger partial charge in [-0.05, 0) is 37.7 Å². The fourth-order valence-electron chi connectivity index (χ4n) is 1.68. The first-order valence-electron chi connectivity index (χ1n) is 4.39. The Morgan fingerprint density at radius 2 is 2.27 bits per heavy atom. The molecule has 1 unspecified atom stereocenters. The number of rotatable bonds is 0. The Morgan fingerprint density at radius 1 is 1.55 bits per heavy atom. The summed E-state index contributed by atoms with van der Waals surface area (Å²) in [7, 11) is 1.90. The van der Waals surface area contributed by atoms with E-state index in [0.29, 0.717) is 0 Å². The van der Waals surface area contributed by atoms with Crippen LogP contribution in [-0.2, 0) is 0 Å². The molecule has 0 aromatic rings. The van der Waals surface area contributed by atoms with Gasteiger partial charge in [-0.1, -0.05) is 13.0 Å². The van der Waals surface area contributed by atoms with Crippen molar-refractivity contribution >= 4 is 5.71 Å². The van der Waals surface area contributed by atoms with Crippen LogP contribution in [0.15, 0.2) is 16.6 Å². The molecule has 0 amide bonds. The van der Waals surface area contributed by atoms with E-state index in [1.807, 2.05) is 7.05 Å². The fraction of sp³-hybridized carbons (Fsp3) is 0.700. The van der Waals surface area contributed by atoms with Gasteiger partial charge in [-0.25, -0.2) is 0 Å². The lowest BCUT2D eigenvalue weighted by molar-refractivity contribution is 0.526. The topological polar surface area (TPSA) is 12.4 Å². The summed E-state index contributed by atoms with van der Waals surface area (Å²) in [5.41, 5.74) is 2.79. The molecule has 0 radical (unpaired) electrons. The third-order valence-electron chi connectivity index (χ3n) is 2.43. The lowest BCUT2D eigenvalue weighted by Gasteiger charge is -2.21. The van der Waals surface area contributed by atoms with E-state index in [1.54, 1.807) is 0 Å². The summed E-state index contributed by atoms with van der Waals surface area (Å²) in [6, 6.07) is 0. The Bertz CT molecular complexity index is 189. The van der Waals surface area contributed by atoms with Crippen molar-refractivity contribution in [1.82, 2.24) is 0 Å². The highest BCUT2D eigenvalue weighted by Crippen LogP contribution is 2.25. The molecule has 1 aliphatic rings. The van der Waals surface area contributed by atoms with Crippen molar-refractivity contribution < 1.29 is 0 Å². The Kier molecular flexibility index (Phi) is 2.86. The van der Waals surface area contributed by atoms with Crippen molar-refractivity contribution in [2.24, 2.45) is 10.9 Å². The van der Waals surface area contributed by atoms with E-state index >= 15 is 0 Å². The number of hydrogen-bond acceptors (Lipinski definition) is 1. The molecule has 62 valence electrons. The van der Waals surface area contributed by atoms with Crippen molar-refractivity contribution in [3.05, 3.63) is 11.6 Å². The van der Waals surface area contributed by atoms with E-state index in [4.69, 9.17) is 0 Å². The Labute approximate surface area is 69.2 Å². The molecule has 0 saturated heterocycles. The van der Waals surface area contributed by atoms with Gasteiger partial charge < -0.3 is 0 Å². The monoisotopic (exact) mass is 151 g/mol. The second-order valence-corrected chi connectivity index (χ2v) is 3.33. The first kappa shape index (κ1) is 8.51. The molecule has 0 aromatic carbocycles. The van der Waals surface area contributed by atoms with Crippen molar-refractivity contribution in [1.29, 1.82) is 0 Å². The van der Waals surface area contributed by atoms with Gasteiger partial charge in [-0.2, -0.15) is 0 Å². The number of allylic oxidation sites excluding steroid dienone is 2. The van der Waals surface area contributed by atoms with Crippen LogP contribution < -0.4 is 0 Å². The van der Waals surface area contributed by atoms with Crippen LogP contribution in [0.5, 0.6) is 0 Å². The first-order chi connectivity index (χ1) is 5.27. The minimum absolute atomic E-state index is 0.853. The van der Waals surface area contributed by atoms with Crippen LogP contribution in [0.3, 0.4) is 0 Å². The summed E-state index contributed by atoms with van der Waals surface area (Å²) in [6.07, 6.45) is 5.92. The van der Waals surface area contributed by atoms with Crippen LogP contribution in [0, 0.1) is 5.92 Å². The maximum Gasteiger partial charge on any atom is 0.0373 e. The van der Waals surface area contributed by atoms with Crippen LogP contribution in [0.4, 0.5) is 0 Å². The highest BCUT2D eigenvalue weighted by molar-refractivity contribution is 6.00. The summed E-state index contributed by atoms with van der Waals surface area (Å²) in [4.78, 5) is 4.28. The quantitative estimate of drug-likeness (QED) is 0.505. The number of hydrogen-bond donors (Lipinski definition) is 0. The molecule has 1 heteroatoms. The average Bonchev–Trinajstić information content (AvgIpc) is 2.04. The highest BCUT2D eigenvalue weighted by atomic mass is 14.7. The zero-order valence-corrected chi connectivity index (χ0v) is 7.72. The van der Waals surface area contributed by atoms with Crippen LogP contribution >= 0.6 is 0 Å². The predicted octanol–water partition coefficient (Wildman–Crippen LogP) is 2.82. The lowest BCUT2D eigenvalue weighted by Crippen LogP contribution is -2.14. The molecule has 1 atom stereocenters. The normalized spacial score (nSPS) is 33.2. The van der Waals surface area contributed by atoms with Gasteiger partial charge in [0, 0.05) is 12.8 Å². The third kappa shape index (κ3) is 1.92. The van der Waals surface area contributed by atoms with Crippen molar-refractivity contribution in [3.8, 4) is 0 Å². The van der Waals surface area contributed by atoms with Crippen molar-refractivity contribution in [2.75, 3.05) is 7.05 Å². The molecular weight excluding hydrogens is 134 g/mol. The maximum absolute atomic E-state index is 4.28. The van der Waals surface area contributed by atoms with Gasteiger partial charge in [-0.15, -0.1) is 0 Å². The molecule has 0 aliphatic heterocycles. The number of nitrogens with zero attached hydrogens (tertiary/aromatic N) is 1. The largest absolute Gasteiger partial charge is 0.293 e. The molecular formula is C10H17N. The standard InChI is InChI=1S/C10H17N/c1-4-9-7-8(2)5-6-10(9)11-3/h4,8H,5-7H2,1-3H3/b9-4-,11-10?. The van der Waals surface area contributed by atoms with E-state index in [9.17, 15) is 0 Å². The molecule has 1 rings (SSSR count).